The molecule has 0 bridgehead atoms. The molecule has 0 unspecified atom stereocenters. The third-order valence-corrected chi connectivity index (χ3v) is 6.91. The number of amides is 2. The second kappa shape index (κ2) is 13.4. The van der Waals surface area contributed by atoms with E-state index in [0.29, 0.717) is 32.5 Å². The van der Waals surface area contributed by atoms with Crippen LogP contribution < -0.4 is 4.74 Å². The fourth-order valence-corrected chi connectivity index (χ4v) is 4.64. The first-order valence-corrected chi connectivity index (χ1v) is 13.4. The number of nitro benzene ring substituents is 1. The van der Waals surface area contributed by atoms with Crippen molar-refractivity contribution in [2.75, 3.05) is 26.7 Å². The van der Waals surface area contributed by atoms with Crippen LogP contribution in [-0.2, 0) is 17.8 Å². The normalized spacial score (nSPS) is 10.8. The predicted octanol–water partition coefficient (Wildman–Crippen LogP) is 5.60. The molecule has 0 spiro atoms. The van der Waals surface area contributed by atoms with Crippen molar-refractivity contribution in [2.45, 2.75) is 32.7 Å². The summed E-state index contributed by atoms with van der Waals surface area (Å²) in [6.45, 7) is 3.10. The van der Waals surface area contributed by atoms with E-state index in [1.807, 2.05) is 55.6 Å². The maximum Gasteiger partial charge on any atom is 0.270 e. The van der Waals surface area contributed by atoms with E-state index in [-0.39, 0.29) is 23.7 Å². The minimum absolute atomic E-state index is 0.119. The predicted molar refractivity (Wildman–Crippen MR) is 154 cm³/mol. The fourth-order valence-electron chi connectivity index (χ4n) is 4.64. The van der Waals surface area contributed by atoms with Gasteiger partial charge in [0.25, 0.3) is 11.6 Å². The highest BCUT2D eigenvalue weighted by molar-refractivity contribution is 5.97. The van der Waals surface area contributed by atoms with Crippen LogP contribution in [-0.4, -0.2) is 58.3 Å². The monoisotopic (exact) mass is 542 g/mol. The van der Waals surface area contributed by atoms with Gasteiger partial charge in [0.1, 0.15) is 12.3 Å². The van der Waals surface area contributed by atoms with Crippen LogP contribution in [0.5, 0.6) is 5.75 Å². The second-order valence-corrected chi connectivity index (χ2v) is 9.66. The summed E-state index contributed by atoms with van der Waals surface area (Å²) in [5, 5.41) is 12.4. The topological polar surface area (TPSA) is 109 Å². The van der Waals surface area contributed by atoms with Crippen LogP contribution >= 0.6 is 0 Å². The van der Waals surface area contributed by atoms with Crippen LogP contribution in [0.3, 0.4) is 0 Å². The van der Waals surface area contributed by atoms with E-state index < -0.39 is 10.8 Å². The average Bonchev–Trinajstić information content (AvgIpc) is 3.40. The minimum Gasteiger partial charge on any atom is -0.497 e. The lowest BCUT2D eigenvalue weighted by Gasteiger charge is -2.28. The largest absolute Gasteiger partial charge is 0.497 e. The van der Waals surface area contributed by atoms with Crippen LogP contribution in [0.1, 0.15) is 41.3 Å². The Hall–Kier alpha value is -4.66. The summed E-state index contributed by atoms with van der Waals surface area (Å²) >= 11 is 0. The number of ether oxygens (including phenoxy) is 1. The molecule has 4 aromatic rings. The summed E-state index contributed by atoms with van der Waals surface area (Å²) in [5.41, 5.74) is 3.13. The Balaban J connectivity index is 1.56. The van der Waals surface area contributed by atoms with E-state index in [2.05, 4.69) is 11.1 Å². The molecule has 0 aliphatic rings. The smallest absolute Gasteiger partial charge is 0.270 e. The third kappa shape index (κ3) is 7.05. The third-order valence-electron chi connectivity index (χ3n) is 6.91. The number of non-ortho nitro benzene ring substituents is 1. The van der Waals surface area contributed by atoms with Crippen molar-refractivity contribution in [3.05, 3.63) is 106 Å². The number of nitro groups is 1. The molecule has 0 aliphatic heterocycles. The zero-order valence-corrected chi connectivity index (χ0v) is 22.8. The molecule has 9 heteroatoms. The van der Waals surface area contributed by atoms with E-state index in [9.17, 15) is 19.7 Å². The first kappa shape index (κ1) is 28.4. The van der Waals surface area contributed by atoms with Gasteiger partial charge in [-0.15, -0.1) is 0 Å². The van der Waals surface area contributed by atoms with Crippen molar-refractivity contribution in [1.82, 2.24) is 14.8 Å². The maximum atomic E-state index is 13.8. The number of unbranched alkanes of at least 4 members (excludes halogenated alkanes) is 1. The minimum atomic E-state index is -0.528. The molecule has 0 saturated carbocycles. The Morgan fingerprint density at radius 3 is 2.48 bits per heavy atom. The van der Waals surface area contributed by atoms with Crippen LogP contribution in [0, 0.1) is 10.1 Å². The van der Waals surface area contributed by atoms with Crippen LogP contribution in [0.2, 0.25) is 0 Å². The average molecular weight is 543 g/mol. The number of para-hydroxylation sites is 1. The molecule has 208 valence electrons. The number of rotatable bonds is 13. The quantitative estimate of drug-likeness (QED) is 0.175. The Morgan fingerprint density at radius 2 is 1.75 bits per heavy atom. The summed E-state index contributed by atoms with van der Waals surface area (Å²) in [5.74, 6) is 0.144. The number of nitrogens with one attached hydrogen (secondary N) is 1. The van der Waals surface area contributed by atoms with Crippen molar-refractivity contribution >= 4 is 28.4 Å². The maximum absolute atomic E-state index is 13.8. The lowest BCUT2D eigenvalue weighted by Crippen LogP contribution is -2.43. The molecule has 1 N–H and O–H groups in total. The van der Waals surface area contributed by atoms with Crippen molar-refractivity contribution in [3.63, 3.8) is 0 Å². The Bertz CT molecular complexity index is 1460. The number of carbonyl (C=O) groups excluding carboxylic acids is 2. The van der Waals surface area contributed by atoms with Crippen molar-refractivity contribution in [3.8, 4) is 5.75 Å². The SMILES string of the molecule is CCCCN(CC(=O)N(CCc1c[nH]c2ccccc12)Cc1ccc(OC)cc1)C(=O)c1cccc([N+](=O)[O-])c1. The second-order valence-electron chi connectivity index (χ2n) is 9.66. The van der Waals surface area contributed by atoms with Crippen LogP contribution in [0.25, 0.3) is 10.9 Å². The molecule has 4 rings (SSSR count). The van der Waals surface area contributed by atoms with E-state index in [1.54, 1.807) is 18.1 Å². The Labute approximate surface area is 233 Å². The molecule has 3 aromatic carbocycles. The Morgan fingerprint density at radius 1 is 0.975 bits per heavy atom. The van der Waals surface area contributed by atoms with Crippen molar-refractivity contribution in [2.24, 2.45) is 0 Å². The molecule has 2 amide bonds. The lowest BCUT2D eigenvalue weighted by molar-refractivity contribution is -0.384. The zero-order valence-electron chi connectivity index (χ0n) is 22.8. The number of aromatic nitrogens is 1. The van der Waals surface area contributed by atoms with Crippen molar-refractivity contribution in [1.29, 1.82) is 0 Å². The number of hydrogen-bond acceptors (Lipinski definition) is 5. The van der Waals surface area contributed by atoms with E-state index in [4.69, 9.17) is 4.74 Å². The molecular weight excluding hydrogens is 508 g/mol. The van der Waals surface area contributed by atoms with Gasteiger partial charge in [-0.25, -0.2) is 0 Å². The van der Waals surface area contributed by atoms with Crippen LogP contribution in [0.4, 0.5) is 5.69 Å². The molecular formula is C31H34N4O5. The number of hydrogen-bond donors (Lipinski definition) is 1. The fraction of sp³-hybridized carbons (Fsp3) is 0.290. The number of benzene rings is 3. The van der Waals surface area contributed by atoms with Crippen LogP contribution in [0.15, 0.2) is 79.0 Å². The molecule has 1 aromatic heterocycles. The van der Waals surface area contributed by atoms with E-state index in [0.717, 1.165) is 34.2 Å². The number of carbonyl (C=O) groups is 2. The first-order chi connectivity index (χ1) is 19.4. The van der Waals surface area contributed by atoms with Gasteiger partial charge in [-0.05, 0) is 48.2 Å². The molecule has 0 saturated heterocycles. The standard InChI is InChI=1S/C31H34N4O5/c1-3-4-17-34(31(37)24-8-7-9-26(19-24)35(38)39)22-30(36)33(21-23-12-14-27(40-2)15-13-23)18-16-25-20-32-29-11-6-5-10-28(25)29/h5-15,19-20,32H,3-4,16-18,21-22H2,1-2H3. The van der Waals surface area contributed by atoms with Crippen molar-refractivity contribution < 1.29 is 19.2 Å². The number of nitrogens with zero attached hydrogens (tertiary/aromatic N) is 3. The molecule has 0 aliphatic carbocycles. The van der Waals surface area contributed by atoms with E-state index in [1.165, 1.54) is 23.1 Å². The Kier molecular flexibility index (Phi) is 9.51. The van der Waals surface area contributed by atoms with E-state index >= 15 is 0 Å². The van der Waals surface area contributed by atoms with Gasteiger partial charge in [-0.1, -0.05) is 49.7 Å². The molecule has 9 nitrogen and oxygen atoms in total. The molecule has 0 fully saturated rings. The molecule has 0 radical (unpaired) electrons. The van der Waals surface area contributed by atoms with Gasteiger partial charge in [0, 0.05) is 54.4 Å². The molecule has 0 atom stereocenters. The summed E-state index contributed by atoms with van der Waals surface area (Å²) < 4.78 is 5.27. The highest BCUT2D eigenvalue weighted by Gasteiger charge is 2.24. The first-order valence-electron chi connectivity index (χ1n) is 13.4. The number of fused-ring (bicyclic) bond motifs is 1. The van der Waals surface area contributed by atoms with Gasteiger partial charge in [-0.2, -0.15) is 0 Å². The van der Waals surface area contributed by atoms with Gasteiger partial charge in [-0.3, -0.25) is 19.7 Å². The summed E-state index contributed by atoms with van der Waals surface area (Å²) in [6, 6.07) is 21.3. The number of aromatic amines is 1. The highest BCUT2D eigenvalue weighted by atomic mass is 16.6. The van der Waals surface area contributed by atoms with Gasteiger partial charge < -0.3 is 19.5 Å². The number of H-pyrrole nitrogens is 1. The zero-order chi connectivity index (χ0) is 28.5. The lowest BCUT2D eigenvalue weighted by atomic mass is 10.1. The highest BCUT2D eigenvalue weighted by Crippen LogP contribution is 2.20. The molecule has 1 heterocycles. The van der Waals surface area contributed by atoms with Gasteiger partial charge in [0.05, 0.1) is 12.0 Å². The summed E-state index contributed by atoms with van der Waals surface area (Å²) in [7, 11) is 1.61. The summed E-state index contributed by atoms with van der Waals surface area (Å²) in [4.78, 5) is 44.5. The van der Waals surface area contributed by atoms with Gasteiger partial charge >= 0.3 is 0 Å². The summed E-state index contributed by atoms with van der Waals surface area (Å²) in [6.07, 6.45) is 4.16. The van der Waals surface area contributed by atoms with Gasteiger partial charge in [0.15, 0.2) is 0 Å². The van der Waals surface area contributed by atoms with Gasteiger partial charge in [0.2, 0.25) is 5.91 Å². The number of methoxy groups -OCH3 is 1. The molecule has 40 heavy (non-hydrogen) atoms.